The van der Waals surface area contributed by atoms with Crippen LogP contribution in [0, 0.1) is 5.92 Å². The first kappa shape index (κ1) is 21.1. The van der Waals surface area contributed by atoms with Crippen molar-refractivity contribution in [2.24, 2.45) is 5.92 Å². The minimum Gasteiger partial charge on any atom is -0.458 e. The van der Waals surface area contributed by atoms with Gasteiger partial charge in [0.15, 0.2) is 0 Å². The Morgan fingerprint density at radius 3 is 2.63 bits per heavy atom. The lowest BCUT2D eigenvalue weighted by Crippen LogP contribution is -2.34. The van der Waals surface area contributed by atoms with Crippen molar-refractivity contribution in [3.63, 3.8) is 0 Å². The van der Waals surface area contributed by atoms with Gasteiger partial charge in [-0.3, -0.25) is 0 Å². The molecule has 2 rings (SSSR count). The highest BCUT2D eigenvalue weighted by molar-refractivity contribution is 5.92. The number of ether oxygens (including phenoxy) is 2. The number of hydrogen-bond donors (Lipinski definition) is 3. The van der Waals surface area contributed by atoms with E-state index < -0.39 is 36.7 Å². The average Bonchev–Trinajstić information content (AvgIpc) is 2.93. The largest absolute Gasteiger partial charge is 0.458 e. The van der Waals surface area contributed by atoms with Crippen LogP contribution in [0.15, 0.2) is 47.1 Å². The Labute approximate surface area is 158 Å². The molecule has 1 aliphatic carbocycles. The van der Waals surface area contributed by atoms with Crippen LogP contribution in [0.3, 0.4) is 0 Å². The van der Waals surface area contributed by atoms with Crippen LogP contribution in [0.5, 0.6) is 0 Å². The maximum Gasteiger partial charge on any atom is 0.336 e. The number of fused-ring (bicyclic) bond motifs is 1. The molecule has 7 heteroatoms. The van der Waals surface area contributed by atoms with E-state index in [9.17, 15) is 24.9 Å². The molecule has 1 aliphatic heterocycles. The molecule has 27 heavy (non-hydrogen) atoms. The third-order valence-electron chi connectivity index (χ3n) is 4.87. The number of carbonyl (C=O) groups is 2. The van der Waals surface area contributed by atoms with Crippen molar-refractivity contribution in [2.75, 3.05) is 19.8 Å². The Kier molecular flexibility index (Phi) is 7.53. The van der Waals surface area contributed by atoms with E-state index in [1.165, 1.54) is 6.08 Å². The first-order valence-corrected chi connectivity index (χ1v) is 8.91. The van der Waals surface area contributed by atoms with Gasteiger partial charge in [-0.1, -0.05) is 18.7 Å². The topological polar surface area (TPSA) is 113 Å². The Morgan fingerprint density at radius 2 is 2.04 bits per heavy atom. The summed E-state index contributed by atoms with van der Waals surface area (Å²) in [5.74, 6) is -1.92. The van der Waals surface area contributed by atoms with Gasteiger partial charge in [0, 0.05) is 12.0 Å². The molecule has 3 atom stereocenters. The van der Waals surface area contributed by atoms with Gasteiger partial charge in [-0.2, -0.15) is 0 Å². The fourth-order valence-electron chi connectivity index (χ4n) is 3.29. The number of aliphatic hydroxyl groups excluding tert-OH is 3. The lowest BCUT2D eigenvalue weighted by Gasteiger charge is -2.28. The van der Waals surface area contributed by atoms with E-state index in [1.807, 2.05) is 6.08 Å². The molecule has 0 aromatic rings. The van der Waals surface area contributed by atoms with E-state index in [0.29, 0.717) is 24.0 Å². The predicted octanol–water partition coefficient (Wildman–Crippen LogP) is 0.956. The SMILES string of the molecule is C=C1C(=O)OC2C=C(CO)CCC=C(CO)CC(OC(=O)C(=CC)CO)C12. The molecule has 1 saturated heterocycles. The fraction of sp³-hybridized carbons (Fsp3) is 0.500. The quantitative estimate of drug-likeness (QED) is 0.371. The van der Waals surface area contributed by atoms with Gasteiger partial charge in [-0.05, 0) is 37.0 Å². The first-order valence-electron chi connectivity index (χ1n) is 8.91. The van der Waals surface area contributed by atoms with Crippen molar-refractivity contribution in [3.05, 3.63) is 47.1 Å². The molecule has 0 aromatic carbocycles. The zero-order valence-electron chi connectivity index (χ0n) is 15.4. The van der Waals surface area contributed by atoms with E-state index in [2.05, 4.69) is 6.58 Å². The molecule has 2 aliphatic rings. The Morgan fingerprint density at radius 1 is 1.33 bits per heavy atom. The molecule has 1 fully saturated rings. The Bertz CT molecular complexity index is 686. The van der Waals surface area contributed by atoms with Crippen LogP contribution in [-0.4, -0.2) is 59.3 Å². The number of esters is 2. The molecule has 3 N–H and O–H groups in total. The number of allylic oxidation sites excluding steroid dienone is 2. The first-order chi connectivity index (χ1) is 12.9. The summed E-state index contributed by atoms with van der Waals surface area (Å²) in [4.78, 5) is 24.5. The predicted molar refractivity (Wildman–Crippen MR) is 97.4 cm³/mol. The molecule has 148 valence electrons. The molecule has 0 spiro atoms. The zero-order chi connectivity index (χ0) is 20.0. The molecule has 0 saturated carbocycles. The minimum atomic E-state index is -0.810. The number of rotatable bonds is 5. The summed E-state index contributed by atoms with van der Waals surface area (Å²) >= 11 is 0. The smallest absolute Gasteiger partial charge is 0.336 e. The average molecular weight is 378 g/mol. The summed E-state index contributed by atoms with van der Waals surface area (Å²) in [7, 11) is 0. The van der Waals surface area contributed by atoms with E-state index in [0.717, 1.165) is 0 Å². The zero-order valence-corrected chi connectivity index (χ0v) is 15.4. The maximum atomic E-state index is 12.4. The summed E-state index contributed by atoms with van der Waals surface area (Å²) in [5, 5.41) is 28.5. The van der Waals surface area contributed by atoms with Gasteiger partial charge in [0.25, 0.3) is 0 Å². The maximum absolute atomic E-state index is 12.4. The summed E-state index contributed by atoms with van der Waals surface area (Å²) < 4.78 is 11.0. The van der Waals surface area contributed by atoms with E-state index in [-0.39, 0.29) is 30.8 Å². The van der Waals surface area contributed by atoms with E-state index in [1.54, 1.807) is 13.0 Å². The number of aliphatic hydroxyl groups is 3. The molecule has 0 amide bonds. The van der Waals surface area contributed by atoms with Gasteiger partial charge in [0.1, 0.15) is 12.2 Å². The number of carbonyl (C=O) groups excluding carboxylic acids is 2. The van der Waals surface area contributed by atoms with Gasteiger partial charge in [-0.15, -0.1) is 0 Å². The van der Waals surface area contributed by atoms with Crippen molar-refractivity contribution in [3.8, 4) is 0 Å². The van der Waals surface area contributed by atoms with Gasteiger partial charge >= 0.3 is 11.9 Å². The van der Waals surface area contributed by atoms with Gasteiger partial charge in [0.05, 0.1) is 31.3 Å². The van der Waals surface area contributed by atoms with Crippen molar-refractivity contribution >= 4 is 11.9 Å². The highest BCUT2D eigenvalue weighted by Gasteiger charge is 2.44. The lowest BCUT2D eigenvalue weighted by atomic mass is 9.85. The third kappa shape index (κ3) is 4.94. The summed E-state index contributed by atoms with van der Waals surface area (Å²) in [5.41, 5.74) is 1.62. The third-order valence-corrected chi connectivity index (χ3v) is 4.87. The van der Waals surface area contributed by atoms with Crippen LogP contribution in [0.2, 0.25) is 0 Å². The van der Waals surface area contributed by atoms with Crippen LogP contribution in [0.1, 0.15) is 26.2 Å². The van der Waals surface area contributed by atoms with Crippen LogP contribution in [0.25, 0.3) is 0 Å². The molecule has 3 unspecified atom stereocenters. The van der Waals surface area contributed by atoms with Crippen LogP contribution in [-0.2, 0) is 19.1 Å². The monoisotopic (exact) mass is 378 g/mol. The molecule has 1 heterocycles. The second kappa shape index (κ2) is 9.64. The normalized spacial score (nSPS) is 26.7. The van der Waals surface area contributed by atoms with Gasteiger partial charge < -0.3 is 24.8 Å². The van der Waals surface area contributed by atoms with Crippen LogP contribution < -0.4 is 0 Å². The lowest BCUT2D eigenvalue weighted by molar-refractivity contribution is -0.147. The fourth-order valence-corrected chi connectivity index (χ4v) is 3.29. The molecule has 7 nitrogen and oxygen atoms in total. The van der Waals surface area contributed by atoms with Gasteiger partial charge in [0.2, 0.25) is 0 Å². The van der Waals surface area contributed by atoms with Crippen LogP contribution in [0.4, 0.5) is 0 Å². The van der Waals surface area contributed by atoms with Crippen molar-refractivity contribution in [1.29, 1.82) is 0 Å². The highest BCUT2D eigenvalue weighted by atomic mass is 16.6. The Hall–Kier alpha value is -2.22. The van der Waals surface area contributed by atoms with Crippen LogP contribution >= 0.6 is 0 Å². The molecule has 0 bridgehead atoms. The van der Waals surface area contributed by atoms with E-state index >= 15 is 0 Å². The highest BCUT2D eigenvalue weighted by Crippen LogP contribution is 2.36. The second-order valence-corrected chi connectivity index (χ2v) is 6.58. The van der Waals surface area contributed by atoms with Crippen molar-refractivity contribution in [1.82, 2.24) is 0 Å². The Balaban J connectivity index is 2.43. The van der Waals surface area contributed by atoms with E-state index in [4.69, 9.17) is 9.47 Å². The summed E-state index contributed by atoms with van der Waals surface area (Å²) in [6.45, 7) is 4.52. The minimum absolute atomic E-state index is 0.0978. The molecular weight excluding hydrogens is 352 g/mol. The summed E-state index contributed by atoms with van der Waals surface area (Å²) in [6, 6.07) is 0. The molecular formula is C20H26O7. The van der Waals surface area contributed by atoms with Gasteiger partial charge in [-0.25, -0.2) is 9.59 Å². The van der Waals surface area contributed by atoms with Crippen molar-refractivity contribution in [2.45, 2.75) is 38.4 Å². The molecule has 0 radical (unpaired) electrons. The standard InChI is InChI=1S/C20H26O7/c1-3-15(11-23)20(25)27-17-8-14(10-22)6-4-5-13(9-21)7-16-18(17)12(2)19(24)26-16/h3,6-7,16-18,21-23H,2,4-5,8-11H2,1H3. The molecule has 0 aromatic heterocycles. The number of hydrogen-bond acceptors (Lipinski definition) is 7. The van der Waals surface area contributed by atoms with Crippen molar-refractivity contribution < 1.29 is 34.4 Å². The second-order valence-electron chi connectivity index (χ2n) is 6.58. The summed E-state index contributed by atoms with van der Waals surface area (Å²) in [6.07, 6.45) is 4.82.